The van der Waals surface area contributed by atoms with E-state index in [0.717, 1.165) is 6.42 Å². The number of aryl methyl sites for hydroxylation is 1. The van der Waals surface area contributed by atoms with Crippen LogP contribution in [0.2, 0.25) is 0 Å². The fourth-order valence-electron chi connectivity index (χ4n) is 2.36. The highest BCUT2D eigenvalue weighted by Gasteiger charge is 2.12. The van der Waals surface area contributed by atoms with Gasteiger partial charge in [0.25, 0.3) is 5.56 Å². The van der Waals surface area contributed by atoms with Crippen LogP contribution in [0, 0.1) is 5.92 Å². The summed E-state index contributed by atoms with van der Waals surface area (Å²) in [4.78, 5) is 24.0. The molecule has 0 saturated heterocycles. The zero-order valence-corrected chi connectivity index (χ0v) is 13.2. The maximum atomic E-state index is 12.2. The van der Waals surface area contributed by atoms with Gasteiger partial charge in [-0.15, -0.1) is 5.10 Å². The maximum Gasteiger partial charge on any atom is 0.307 e. The second-order valence-electron chi connectivity index (χ2n) is 5.81. The number of fused-ring (bicyclic) bond motifs is 1. The average Bonchev–Trinajstić information content (AvgIpc) is 2.46. The molecule has 0 aliphatic rings. The zero-order valence-electron chi connectivity index (χ0n) is 13.2. The van der Waals surface area contributed by atoms with E-state index in [9.17, 15) is 9.59 Å². The first-order valence-corrected chi connectivity index (χ1v) is 7.49. The van der Waals surface area contributed by atoms with Crippen molar-refractivity contribution >= 4 is 16.9 Å². The quantitative estimate of drug-likeness (QED) is 0.764. The van der Waals surface area contributed by atoms with E-state index in [2.05, 4.69) is 24.2 Å². The minimum atomic E-state index is -0.324. The van der Waals surface area contributed by atoms with Crippen LogP contribution in [0.3, 0.4) is 0 Å². The molecule has 0 saturated carbocycles. The third kappa shape index (κ3) is 4.13. The van der Waals surface area contributed by atoms with Crippen LogP contribution in [0.25, 0.3) is 10.9 Å². The van der Waals surface area contributed by atoms with Gasteiger partial charge in [-0.25, -0.2) is 4.68 Å². The molecule has 1 aromatic heterocycles. The van der Waals surface area contributed by atoms with Crippen LogP contribution in [0.15, 0.2) is 29.1 Å². The number of carbonyl (C=O) groups excluding carboxylic acids is 1. The molecule has 0 radical (unpaired) electrons. The van der Waals surface area contributed by atoms with Crippen LogP contribution in [-0.4, -0.2) is 27.1 Å². The highest BCUT2D eigenvalue weighted by molar-refractivity contribution is 5.76. The van der Waals surface area contributed by atoms with Gasteiger partial charge in [-0.05, 0) is 31.4 Å². The molecule has 6 heteroatoms. The van der Waals surface area contributed by atoms with Gasteiger partial charge < -0.3 is 4.74 Å². The van der Waals surface area contributed by atoms with Gasteiger partial charge in [-0.2, -0.15) is 0 Å². The monoisotopic (exact) mass is 303 g/mol. The maximum absolute atomic E-state index is 12.2. The van der Waals surface area contributed by atoms with Gasteiger partial charge in [0.1, 0.15) is 5.52 Å². The fourth-order valence-corrected chi connectivity index (χ4v) is 2.36. The zero-order chi connectivity index (χ0) is 16.1. The van der Waals surface area contributed by atoms with Gasteiger partial charge in [0, 0.05) is 0 Å². The second-order valence-corrected chi connectivity index (χ2v) is 5.81. The van der Waals surface area contributed by atoms with Gasteiger partial charge in [0.15, 0.2) is 0 Å². The Hall–Kier alpha value is -2.24. The standard InChI is InChI=1S/C16H21N3O3/c1-11(2)10-12(3)22-15(20)8-9-19-16(21)13-6-4-5-7-14(13)17-18-19/h4-7,11-12H,8-10H2,1-3H3. The summed E-state index contributed by atoms with van der Waals surface area (Å²) in [7, 11) is 0. The van der Waals surface area contributed by atoms with Crippen molar-refractivity contribution in [2.45, 2.75) is 46.3 Å². The third-order valence-corrected chi connectivity index (χ3v) is 3.29. The molecule has 0 amide bonds. The average molecular weight is 303 g/mol. The van der Waals surface area contributed by atoms with E-state index in [1.165, 1.54) is 4.68 Å². The number of esters is 1. The Morgan fingerprint density at radius 3 is 2.73 bits per heavy atom. The molecular formula is C16H21N3O3. The molecule has 0 N–H and O–H groups in total. The number of nitrogens with zero attached hydrogens (tertiary/aromatic N) is 3. The Morgan fingerprint density at radius 1 is 1.27 bits per heavy atom. The first-order chi connectivity index (χ1) is 10.5. The summed E-state index contributed by atoms with van der Waals surface area (Å²) in [5, 5.41) is 8.33. The molecule has 1 aromatic carbocycles. The smallest absolute Gasteiger partial charge is 0.307 e. The highest BCUT2D eigenvalue weighted by Crippen LogP contribution is 2.08. The van der Waals surface area contributed by atoms with Crippen molar-refractivity contribution in [3.63, 3.8) is 0 Å². The van der Waals surface area contributed by atoms with Crippen LogP contribution in [0.1, 0.15) is 33.6 Å². The Morgan fingerprint density at radius 2 is 2.00 bits per heavy atom. The van der Waals surface area contributed by atoms with Crippen molar-refractivity contribution in [3.8, 4) is 0 Å². The lowest BCUT2D eigenvalue weighted by Crippen LogP contribution is -2.26. The molecule has 6 nitrogen and oxygen atoms in total. The molecule has 22 heavy (non-hydrogen) atoms. The molecule has 1 heterocycles. The predicted octanol–water partition coefficient (Wildman–Crippen LogP) is 2.16. The summed E-state index contributed by atoms with van der Waals surface area (Å²) < 4.78 is 6.51. The van der Waals surface area contributed by atoms with E-state index >= 15 is 0 Å². The minimum Gasteiger partial charge on any atom is -0.463 e. The Bertz CT molecular complexity index is 709. The summed E-state index contributed by atoms with van der Waals surface area (Å²) >= 11 is 0. The summed E-state index contributed by atoms with van der Waals surface area (Å²) in [6.45, 7) is 6.20. The van der Waals surface area contributed by atoms with Crippen LogP contribution in [-0.2, 0) is 16.1 Å². The normalized spacial score (nSPS) is 12.5. The molecule has 2 rings (SSSR count). The molecule has 0 aliphatic heterocycles. The highest BCUT2D eigenvalue weighted by atomic mass is 16.5. The van der Waals surface area contributed by atoms with Crippen LogP contribution in [0.4, 0.5) is 0 Å². The Labute approximate surface area is 129 Å². The van der Waals surface area contributed by atoms with Crippen LogP contribution < -0.4 is 5.56 Å². The summed E-state index contributed by atoms with van der Waals surface area (Å²) in [6.07, 6.45) is 0.809. The van der Waals surface area contributed by atoms with Crippen molar-refractivity contribution in [2.75, 3.05) is 0 Å². The number of rotatable bonds is 6. The Balaban J connectivity index is 1.98. The van der Waals surface area contributed by atoms with Crippen molar-refractivity contribution < 1.29 is 9.53 Å². The molecule has 1 unspecified atom stereocenters. The van der Waals surface area contributed by atoms with Gasteiger partial charge in [-0.1, -0.05) is 31.2 Å². The lowest BCUT2D eigenvalue weighted by atomic mass is 10.1. The van der Waals surface area contributed by atoms with E-state index in [1.807, 2.05) is 6.92 Å². The first-order valence-electron chi connectivity index (χ1n) is 7.49. The third-order valence-electron chi connectivity index (χ3n) is 3.29. The molecule has 0 fully saturated rings. The van der Waals surface area contributed by atoms with Gasteiger partial charge in [0.2, 0.25) is 0 Å². The molecule has 2 aromatic rings. The van der Waals surface area contributed by atoms with Crippen molar-refractivity contribution in [1.29, 1.82) is 0 Å². The number of benzene rings is 1. The van der Waals surface area contributed by atoms with Crippen molar-refractivity contribution in [3.05, 3.63) is 34.6 Å². The van der Waals surface area contributed by atoms with Crippen LogP contribution >= 0.6 is 0 Å². The molecular weight excluding hydrogens is 282 g/mol. The molecule has 0 spiro atoms. The number of aromatic nitrogens is 3. The predicted molar refractivity (Wildman–Crippen MR) is 83.4 cm³/mol. The topological polar surface area (TPSA) is 74.1 Å². The molecule has 0 aliphatic carbocycles. The van der Waals surface area contributed by atoms with Crippen LogP contribution in [0.5, 0.6) is 0 Å². The van der Waals surface area contributed by atoms with E-state index in [-0.39, 0.29) is 30.6 Å². The molecule has 118 valence electrons. The number of ether oxygens (including phenoxy) is 1. The summed E-state index contributed by atoms with van der Waals surface area (Å²) in [6, 6.07) is 7.01. The molecule has 1 atom stereocenters. The SMILES string of the molecule is CC(C)CC(C)OC(=O)CCn1nnc2ccccc2c1=O. The molecule has 0 bridgehead atoms. The van der Waals surface area contributed by atoms with E-state index in [4.69, 9.17) is 4.74 Å². The number of hydrogen-bond acceptors (Lipinski definition) is 5. The summed E-state index contributed by atoms with van der Waals surface area (Å²) in [5.74, 6) is 0.145. The second kappa shape index (κ2) is 7.15. The van der Waals surface area contributed by atoms with Crippen molar-refractivity contribution in [2.24, 2.45) is 5.92 Å². The van der Waals surface area contributed by atoms with Gasteiger partial charge in [0.05, 0.1) is 24.5 Å². The lowest BCUT2D eigenvalue weighted by molar-refractivity contribution is -0.149. The summed E-state index contributed by atoms with van der Waals surface area (Å²) in [5.41, 5.74) is 0.311. The van der Waals surface area contributed by atoms with Crippen molar-refractivity contribution in [1.82, 2.24) is 15.0 Å². The van der Waals surface area contributed by atoms with Gasteiger partial charge >= 0.3 is 5.97 Å². The van der Waals surface area contributed by atoms with E-state index < -0.39 is 0 Å². The van der Waals surface area contributed by atoms with E-state index in [0.29, 0.717) is 16.8 Å². The first kappa shape index (κ1) is 16.1. The largest absolute Gasteiger partial charge is 0.463 e. The minimum absolute atomic E-state index is 0.107. The van der Waals surface area contributed by atoms with Gasteiger partial charge in [-0.3, -0.25) is 9.59 Å². The van der Waals surface area contributed by atoms with E-state index in [1.54, 1.807) is 24.3 Å². The lowest BCUT2D eigenvalue weighted by Gasteiger charge is -2.15. The fraction of sp³-hybridized carbons (Fsp3) is 0.500. The Kier molecular flexibility index (Phi) is 5.25. The number of carbonyl (C=O) groups is 1. The number of hydrogen-bond donors (Lipinski definition) is 0.